The van der Waals surface area contributed by atoms with E-state index < -0.39 is 0 Å². The Morgan fingerprint density at radius 2 is 1.52 bits per heavy atom. The van der Waals surface area contributed by atoms with E-state index in [0.29, 0.717) is 6.42 Å². The molecule has 1 aliphatic rings. The Hall–Kier alpha value is -2.91. The molecule has 0 spiro atoms. The number of carbonyl (C=O) groups is 1. The van der Waals surface area contributed by atoms with Gasteiger partial charge in [-0.2, -0.15) is 0 Å². The minimum absolute atomic E-state index is 0.0986. The van der Waals surface area contributed by atoms with Crippen molar-refractivity contribution in [2.24, 2.45) is 0 Å². The standard InChI is InChI=1S/C26H28N2O/c29-26(19-21-11-13-24(14-12-21)22-7-2-1-3-8-22)27-16-6-17-28-18-15-23-9-4-5-10-25(23)20-28/h1-5,7-14H,6,15-20H2,(H,27,29). The van der Waals surface area contributed by atoms with Gasteiger partial charge in [-0.3, -0.25) is 9.69 Å². The molecule has 3 aromatic carbocycles. The fraction of sp³-hybridized carbons (Fsp3) is 0.269. The van der Waals surface area contributed by atoms with E-state index in [4.69, 9.17) is 0 Å². The smallest absolute Gasteiger partial charge is 0.224 e. The number of fused-ring (bicyclic) bond motifs is 1. The van der Waals surface area contributed by atoms with Gasteiger partial charge < -0.3 is 5.32 Å². The van der Waals surface area contributed by atoms with Crippen LogP contribution in [0.3, 0.4) is 0 Å². The summed E-state index contributed by atoms with van der Waals surface area (Å²) in [7, 11) is 0. The van der Waals surface area contributed by atoms with Crippen LogP contribution in [-0.4, -0.2) is 30.4 Å². The number of hydrogen-bond acceptors (Lipinski definition) is 2. The average Bonchev–Trinajstić information content (AvgIpc) is 2.78. The predicted molar refractivity (Wildman–Crippen MR) is 119 cm³/mol. The second kappa shape index (κ2) is 9.53. The van der Waals surface area contributed by atoms with Crippen molar-refractivity contribution in [1.29, 1.82) is 0 Å². The lowest BCUT2D eigenvalue weighted by molar-refractivity contribution is -0.120. The summed E-state index contributed by atoms with van der Waals surface area (Å²) >= 11 is 0. The Balaban J connectivity index is 1.18. The fourth-order valence-corrected chi connectivity index (χ4v) is 3.97. The SMILES string of the molecule is O=C(Cc1ccc(-c2ccccc2)cc1)NCCCN1CCc2ccccc2C1. The first-order chi connectivity index (χ1) is 14.3. The summed E-state index contributed by atoms with van der Waals surface area (Å²) in [6, 6.07) is 27.3. The Labute approximate surface area is 173 Å². The van der Waals surface area contributed by atoms with Crippen LogP contribution in [-0.2, 0) is 24.2 Å². The molecule has 0 saturated heterocycles. The molecular weight excluding hydrogens is 356 g/mol. The third-order valence-corrected chi connectivity index (χ3v) is 5.61. The van der Waals surface area contributed by atoms with Crippen LogP contribution in [0.2, 0.25) is 0 Å². The van der Waals surface area contributed by atoms with E-state index >= 15 is 0 Å². The van der Waals surface area contributed by atoms with Crippen molar-refractivity contribution in [2.75, 3.05) is 19.6 Å². The second-order valence-electron chi connectivity index (χ2n) is 7.74. The van der Waals surface area contributed by atoms with Crippen LogP contribution < -0.4 is 5.32 Å². The van der Waals surface area contributed by atoms with E-state index in [9.17, 15) is 4.79 Å². The van der Waals surface area contributed by atoms with Gasteiger partial charge in [-0.1, -0.05) is 78.9 Å². The van der Waals surface area contributed by atoms with Gasteiger partial charge >= 0.3 is 0 Å². The average molecular weight is 385 g/mol. The van der Waals surface area contributed by atoms with Crippen LogP contribution >= 0.6 is 0 Å². The van der Waals surface area contributed by atoms with Crippen LogP contribution in [0.4, 0.5) is 0 Å². The summed E-state index contributed by atoms with van der Waals surface area (Å²) in [5, 5.41) is 3.07. The number of benzene rings is 3. The first kappa shape index (κ1) is 19.4. The summed E-state index contributed by atoms with van der Waals surface area (Å²) in [5.74, 6) is 0.0986. The summed E-state index contributed by atoms with van der Waals surface area (Å²) in [4.78, 5) is 14.7. The van der Waals surface area contributed by atoms with Gasteiger partial charge in [0.05, 0.1) is 6.42 Å². The second-order valence-corrected chi connectivity index (χ2v) is 7.74. The lowest BCUT2D eigenvalue weighted by Gasteiger charge is -2.28. The van der Waals surface area contributed by atoms with Gasteiger partial charge in [0.1, 0.15) is 0 Å². The molecule has 1 aliphatic heterocycles. The van der Waals surface area contributed by atoms with Crippen LogP contribution in [0.5, 0.6) is 0 Å². The fourth-order valence-electron chi connectivity index (χ4n) is 3.97. The molecule has 1 amide bonds. The highest BCUT2D eigenvalue weighted by atomic mass is 16.1. The lowest BCUT2D eigenvalue weighted by atomic mass is 10.00. The predicted octanol–water partition coefficient (Wildman–Crippen LogP) is 4.46. The molecule has 0 fully saturated rings. The molecule has 0 bridgehead atoms. The third kappa shape index (κ3) is 5.33. The maximum absolute atomic E-state index is 12.3. The highest BCUT2D eigenvalue weighted by Crippen LogP contribution is 2.20. The van der Waals surface area contributed by atoms with Crippen LogP contribution in [0.15, 0.2) is 78.9 Å². The van der Waals surface area contributed by atoms with Crippen molar-refractivity contribution in [3.63, 3.8) is 0 Å². The molecule has 3 nitrogen and oxygen atoms in total. The number of nitrogens with one attached hydrogen (secondary N) is 1. The Bertz CT molecular complexity index is 934. The van der Waals surface area contributed by atoms with Gasteiger partial charge in [0.2, 0.25) is 5.91 Å². The van der Waals surface area contributed by atoms with Gasteiger partial charge in [-0.05, 0) is 40.7 Å². The lowest BCUT2D eigenvalue weighted by Crippen LogP contribution is -2.34. The first-order valence-electron chi connectivity index (χ1n) is 10.5. The Morgan fingerprint density at radius 3 is 2.31 bits per heavy atom. The first-order valence-corrected chi connectivity index (χ1v) is 10.5. The van der Waals surface area contributed by atoms with E-state index in [-0.39, 0.29) is 5.91 Å². The summed E-state index contributed by atoms with van der Waals surface area (Å²) in [6.45, 7) is 3.90. The molecule has 3 heteroatoms. The van der Waals surface area contributed by atoms with E-state index in [2.05, 4.69) is 58.7 Å². The summed E-state index contributed by atoms with van der Waals surface area (Å²) in [6.07, 6.45) is 2.55. The largest absolute Gasteiger partial charge is 0.356 e. The maximum atomic E-state index is 12.3. The van der Waals surface area contributed by atoms with Crippen molar-refractivity contribution in [1.82, 2.24) is 10.2 Å². The molecule has 29 heavy (non-hydrogen) atoms. The zero-order chi connectivity index (χ0) is 19.9. The van der Waals surface area contributed by atoms with Crippen molar-refractivity contribution in [2.45, 2.75) is 25.8 Å². The summed E-state index contributed by atoms with van der Waals surface area (Å²) in [5.41, 5.74) is 6.36. The molecule has 0 unspecified atom stereocenters. The van der Waals surface area contributed by atoms with Gasteiger partial charge in [-0.25, -0.2) is 0 Å². The molecule has 0 radical (unpaired) electrons. The molecular formula is C26H28N2O. The van der Waals surface area contributed by atoms with E-state index in [1.54, 1.807) is 0 Å². The van der Waals surface area contributed by atoms with Crippen molar-refractivity contribution >= 4 is 5.91 Å². The number of carbonyl (C=O) groups excluding carboxylic acids is 1. The number of hydrogen-bond donors (Lipinski definition) is 1. The quantitative estimate of drug-likeness (QED) is 0.610. The van der Waals surface area contributed by atoms with Crippen molar-refractivity contribution in [3.05, 3.63) is 95.6 Å². The van der Waals surface area contributed by atoms with Gasteiger partial charge in [0, 0.05) is 26.2 Å². The van der Waals surface area contributed by atoms with Crippen molar-refractivity contribution < 1.29 is 4.79 Å². The minimum Gasteiger partial charge on any atom is -0.356 e. The van der Waals surface area contributed by atoms with Crippen LogP contribution in [0.25, 0.3) is 11.1 Å². The Morgan fingerprint density at radius 1 is 0.828 bits per heavy atom. The van der Waals surface area contributed by atoms with Crippen LogP contribution in [0.1, 0.15) is 23.1 Å². The zero-order valence-corrected chi connectivity index (χ0v) is 16.8. The Kier molecular flexibility index (Phi) is 6.38. The molecule has 4 rings (SSSR count). The molecule has 148 valence electrons. The molecule has 1 N–H and O–H groups in total. The highest BCUT2D eigenvalue weighted by molar-refractivity contribution is 5.78. The summed E-state index contributed by atoms with van der Waals surface area (Å²) < 4.78 is 0. The molecule has 0 atom stereocenters. The minimum atomic E-state index is 0.0986. The number of amides is 1. The topological polar surface area (TPSA) is 32.3 Å². The van der Waals surface area contributed by atoms with Crippen molar-refractivity contribution in [3.8, 4) is 11.1 Å². The van der Waals surface area contributed by atoms with Gasteiger partial charge in [0.15, 0.2) is 0 Å². The number of nitrogens with zero attached hydrogens (tertiary/aromatic N) is 1. The normalized spacial score (nSPS) is 13.7. The van der Waals surface area contributed by atoms with E-state index in [0.717, 1.165) is 44.6 Å². The van der Waals surface area contributed by atoms with Crippen LogP contribution in [0, 0.1) is 0 Å². The highest BCUT2D eigenvalue weighted by Gasteiger charge is 2.15. The molecule has 0 aliphatic carbocycles. The maximum Gasteiger partial charge on any atom is 0.224 e. The zero-order valence-electron chi connectivity index (χ0n) is 16.8. The molecule has 0 saturated carbocycles. The molecule has 1 heterocycles. The monoisotopic (exact) mass is 384 g/mol. The molecule has 3 aromatic rings. The van der Waals surface area contributed by atoms with Gasteiger partial charge in [0.25, 0.3) is 0 Å². The van der Waals surface area contributed by atoms with Gasteiger partial charge in [-0.15, -0.1) is 0 Å². The van der Waals surface area contributed by atoms with E-state index in [1.165, 1.54) is 22.3 Å². The van der Waals surface area contributed by atoms with E-state index in [1.807, 2.05) is 30.3 Å². The molecule has 0 aromatic heterocycles. The third-order valence-electron chi connectivity index (χ3n) is 5.61. The number of rotatable bonds is 7.